The van der Waals surface area contributed by atoms with E-state index in [0.29, 0.717) is 0 Å². The zero-order valence-corrected chi connectivity index (χ0v) is 64.4. The van der Waals surface area contributed by atoms with Crippen molar-refractivity contribution >= 4 is 16.1 Å². The van der Waals surface area contributed by atoms with Gasteiger partial charge in [0.1, 0.15) is 0 Å². The monoisotopic (exact) mass is 1260 g/mol. The molecule has 8 unspecified atom stereocenters. The molecule has 20 rings (SSSR count). The van der Waals surface area contributed by atoms with Crippen molar-refractivity contribution in [1.82, 2.24) is 0 Å². The molecular weight excluding hydrogens is 1110 g/mol. The van der Waals surface area contributed by atoms with Crippen LogP contribution < -0.4 is 0 Å². The van der Waals surface area contributed by atoms with Gasteiger partial charge in [-0.1, -0.05) is 262 Å². The first-order valence-electron chi connectivity index (χ1n) is 38.9. The third-order valence-corrected chi connectivity index (χ3v) is 35.3. The predicted molar refractivity (Wildman–Crippen MR) is 405 cm³/mol. The first-order valence-corrected chi connectivity index (χ1v) is 45.6. The van der Waals surface area contributed by atoms with Crippen molar-refractivity contribution in [3.63, 3.8) is 0 Å². The Kier molecular flexibility index (Phi) is 30.2. The van der Waals surface area contributed by atoms with E-state index in [-0.39, 0.29) is 0 Å². The van der Waals surface area contributed by atoms with Crippen molar-refractivity contribution in [2.24, 2.45) is 107 Å². The van der Waals surface area contributed by atoms with Gasteiger partial charge in [-0.2, -0.15) is 0 Å². The summed E-state index contributed by atoms with van der Waals surface area (Å²) in [5, 5.41) is 0. The number of fused-ring (bicyclic) bond motifs is 8. The van der Waals surface area contributed by atoms with Gasteiger partial charge in [0.05, 0.1) is 8.07 Å². The molecule has 90 heavy (non-hydrogen) atoms. The lowest BCUT2D eigenvalue weighted by Gasteiger charge is -2.53. The van der Waals surface area contributed by atoms with Crippen LogP contribution in [0.25, 0.3) is 0 Å². The summed E-state index contributed by atoms with van der Waals surface area (Å²) in [6, 6.07) is 40.3. The summed E-state index contributed by atoms with van der Waals surface area (Å²) in [6.07, 6.45) is 37.3. The Morgan fingerprint density at radius 2 is 0.700 bits per heavy atom. The van der Waals surface area contributed by atoms with Gasteiger partial charge < -0.3 is 0 Å². The highest BCUT2D eigenvalue weighted by Gasteiger charge is 2.46. The van der Waals surface area contributed by atoms with Crippen molar-refractivity contribution in [2.45, 2.75) is 301 Å². The Morgan fingerprint density at radius 3 is 0.933 bits per heavy atom. The lowest BCUT2D eigenvalue weighted by atomic mass is 9.52. The maximum Gasteiger partial charge on any atom is 0.0502 e. The van der Waals surface area contributed by atoms with E-state index in [1.807, 2.05) is 18.2 Å². The van der Waals surface area contributed by atoms with Gasteiger partial charge in [-0.05, 0) is 287 Å². The van der Waals surface area contributed by atoms with Crippen LogP contribution in [-0.4, -0.2) is 16.1 Å². The largest absolute Gasteiger partial charge is 0.0693 e. The van der Waals surface area contributed by atoms with E-state index in [1.54, 1.807) is 153 Å². The van der Waals surface area contributed by atoms with Crippen molar-refractivity contribution < 1.29 is 0 Å². The van der Waals surface area contributed by atoms with Gasteiger partial charge in [0, 0.05) is 8.07 Å². The van der Waals surface area contributed by atoms with Crippen molar-refractivity contribution in [1.29, 1.82) is 0 Å². The van der Waals surface area contributed by atoms with Crippen LogP contribution in [0.3, 0.4) is 0 Å². The molecule has 0 radical (unpaired) electrons. The second-order valence-electron chi connectivity index (χ2n) is 35.5. The average molecular weight is 1260 g/mol. The average Bonchev–Trinajstić information content (AvgIpc) is 1.37. The molecular formula is C88H144Si2. The van der Waals surface area contributed by atoms with Gasteiger partial charge in [-0.25, -0.2) is 0 Å². The normalized spacial score (nSPS) is 35.6. The Hall–Kier alpha value is -2.69. The number of benzene rings is 4. The van der Waals surface area contributed by atoms with E-state index in [1.165, 1.54) is 58.2 Å². The molecule has 16 aliphatic rings. The summed E-state index contributed by atoms with van der Waals surface area (Å²) in [5.74, 6) is 20.2. The SMILES string of the molecule is CC1C2CC3CC(C2)CC1C3.CC1C2CCC1C2.CC1C2CCC1CC2.CC1CC2CCC1C2.CC1CC2CCC1CC2.CC1CCC[Si]1(C)C.CC1CC[Si](C)(C)C1.Cc1ccc(C)cc1.Cc1cccc(C)c1.Cc1ccccc1.Cc1ccccc1C. The highest BCUT2D eigenvalue weighted by atomic mass is 28.3. The van der Waals surface area contributed by atoms with Crippen molar-refractivity contribution in [3.05, 3.63) is 142 Å². The van der Waals surface area contributed by atoms with Crippen LogP contribution in [0.1, 0.15) is 242 Å². The van der Waals surface area contributed by atoms with Crippen LogP contribution in [-0.2, 0) is 0 Å². The number of hydrogen-bond donors (Lipinski definition) is 0. The van der Waals surface area contributed by atoms with Crippen LogP contribution in [0.5, 0.6) is 0 Å². The zero-order valence-electron chi connectivity index (χ0n) is 62.4. The van der Waals surface area contributed by atoms with E-state index in [4.69, 9.17) is 0 Å². The quantitative estimate of drug-likeness (QED) is 0.154. The minimum absolute atomic E-state index is 0.603. The van der Waals surface area contributed by atoms with Gasteiger partial charge in [-0.15, -0.1) is 0 Å². The van der Waals surface area contributed by atoms with E-state index in [2.05, 4.69) is 208 Å². The summed E-state index contributed by atoms with van der Waals surface area (Å²) in [5.41, 5.74) is 10.5. The van der Waals surface area contributed by atoms with Crippen molar-refractivity contribution in [3.8, 4) is 0 Å². The van der Waals surface area contributed by atoms with Crippen LogP contribution >= 0.6 is 0 Å². The second-order valence-corrected chi connectivity index (χ2v) is 46.2. The molecule has 0 nitrogen and oxygen atoms in total. The first kappa shape index (κ1) is 74.7. The fraction of sp³-hybridized carbons (Fsp3) is 0.727. The molecule has 2 heterocycles. The summed E-state index contributed by atoms with van der Waals surface area (Å²) < 4.78 is 0. The van der Waals surface area contributed by atoms with Crippen LogP contribution in [0.2, 0.25) is 49.9 Å². The lowest BCUT2D eigenvalue weighted by molar-refractivity contribution is -0.0282. The molecule has 4 aromatic rings. The Morgan fingerprint density at radius 1 is 0.300 bits per heavy atom. The number of hydrogen-bond acceptors (Lipinski definition) is 0. The highest BCUT2D eigenvalue weighted by molar-refractivity contribution is 6.79. The third kappa shape index (κ3) is 24.2. The summed E-state index contributed by atoms with van der Waals surface area (Å²) in [7, 11) is -1.25. The minimum atomic E-state index is -0.644. The minimum Gasteiger partial charge on any atom is -0.0693 e. The molecule has 2 saturated heterocycles. The maximum atomic E-state index is 2.52. The third-order valence-electron chi connectivity index (χ3n) is 27.3. The number of rotatable bonds is 0. The van der Waals surface area contributed by atoms with Gasteiger partial charge in [0.2, 0.25) is 0 Å². The Bertz CT molecular complexity index is 2480. The Labute approximate surface area is 562 Å². The molecule has 2 aliphatic heterocycles. The fourth-order valence-electron chi connectivity index (χ4n) is 20.2. The van der Waals surface area contributed by atoms with Crippen LogP contribution in [0.4, 0.5) is 0 Å². The molecule has 0 aromatic heterocycles. The molecule has 504 valence electrons. The summed E-state index contributed by atoms with van der Waals surface area (Å²) in [6.45, 7) is 41.8. The molecule has 16 fully saturated rings. The van der Waals surface area contributed by atoms with Gasteiger partial charge in [0.25, 0.3) is 0 Å². The molecule has 14 saturated carbocycles. The zero-order chi connectivity index (χ0) is 65.1. The molecule has 14 aliphatic carbocycles. The van der Waals surface area contributed by atoms with E-state index in [0.717, 1.165) is 112 Å². The molecule has 0 amide bonds. The van der Waals surface area contributed by atoms with E-state index >= 15 is 0 Å². The molecule has 4 aromatic carbocycles. The first-order chi connectivity index (χ1) is 42.8. The second kappa shape index (κ2) is 36.4. The molecule has 12 bridgehead atoms. The predicted octanol–water partition coefficient (Wildman–Crippen LogP) is 27.4. The standard InChI is InChI=1S/C11H18.C9H16.2C8H14.3C8H10.2C7H16Si.C7H12.C7H8/c1-7-10-3-8-2-9(5-10)6-11(7)4-8;1-7-6-8-2-4-9(7)5-3-8;1-6-4-7-2-3-8(6)5-7;1-6-7-2-3-8(6)5-4-7;1-7-3-5-8(2)6-4-7;1-7-4-3-5-8(2)6-7;1-7-5-3-4-6-8(7)2;1-7-4-5-8(2,3)6-7;1-7-5-4-6-8(7,2)3;1-5-6-2-3-7(5)4-6;1-7-5-3-2-4-6-7/h7-11H,2-6H2,1H3;7-9H,2-6H2,1H3;2*6-8H,2-5H2,1H3;3*3-6H,1-2H3;2*7H,4-6H2,1-3H3;5-7H,2-4H2,1H3;2-6H,1H3. The topological polar surface area (TPSA) is 0 Å². The Balaban J connectivity index is 0.000000141. The molecule has 8 atom stereocenters. The van der Waals surface area contributed by atoms with Gasteiger partial charge >= 0.3 is 0 Å². The van der Waals surface area contributed by atoms with Crippen molar-refractivity contribution in [2.75, 3.05) is 0 Å². The molecule has 2 heteroatoms. The summed E-state index contributed by atoms with van der Waals surface area (Å²) >= 11 is 0. The lowest BCUT2D eigenvalue weighted by Crippen LogP contribution is -2.43. The highest BCUT2D eigenvalue weighted by Crippen LogP contribution is 2.57. The maximum absolute atomic E-state index is 2.52. The molecule has 0 N–H and O–H groups in total. The van der Waals surface area contributed by atoms with Crippen LogP contribution in [0.15, 0.2) is 103 Å². The van der Waals surface area contributed by atoms with Gasteiger partial charge in [-0.3, -0.25) is 0 Å². The molecule has 0 spiro atoms. The van der Waals surface area contributed by atoms with E-state index < -0.39 is 16.1 Å². The smallest absolute Gasteiger partial charge is 0.0502 e. The van der Waals surface area contributed by atoms with Crippen LogP contribution in [0, 0.1) is 155 Å². The number of aryl methyl sites for hydroxylation is 7. The van der Waals surface area contributed by atoms with E-state index in [9.17, 15) is 0 Å². The fourth-order valence-corrected chi connectivity index (χ4v) is 26.3. The van der Waals surface area contributed by atoms with Gasteiger partial charge in [0.15, 0.2) is 0 Å². The summed E-state index contributed by atoms with van der Waals surface area (Å²) in [4.78, 5) is 0.